The topological polar surface area (TPSA) is 30.8 Å². The molecule has 0 aliphatic carbocycles. The van der Waals surface area contributed by atoms with Gasteiger partial charge in [-0.1, -0.05) is 60.7 Å². The molecule has 0 aliphatic rings. The molecule has 3 aromatic carbocycles. The summed E-state index contributed by atoms with van der Waals surface area (Å²) in [5, 5.41) is 0. The summed E-state index contributed by atoms with van der Waals surface area (Å²) >= 11 is 0. The number of aliphatic imine (C=N–C) groups is 1. The Hall–Kier alpha value is -3.07. The van der Waals surface area contributed by atoms with E-state index in [4.69, 9.17) is 14.5 Å². The van der Waals surface area contributed by atoms with Crippen molar-refractivity contribution in [3.05, 3.63) is 95.6 Å². The molecular formula is C24H25NO2. The maximum atomic E-state index is 5.89. The third-order valence-electron chi connectivity index (χ3n) is 4.22. The lowest BCUT2D eigenvalue weighted by Crippen LogP contribution is -1.99. The number of ether oxygens (including phenoxy) is 2. The van der Waals surface area contributed by atoms with Crippen LogP contribution in [0.3, 0.4) is 0 Å². The van der Waals surface area contributed by atoms with E-state index < -0.39 is 0 Å². The van der Waals surface area contributed by atoms with E-state index in [1.807, 2.05) is 73.8 Å². The van der Waals surface area contributed by atoms with E-state index >= 15 is 0 Å². The van der Waals surface area contributed by atoms with Gasteiger partial charge in [-0.3, -0.25) is 4.99 Å². The van der Waals surface area contributed by atoms with E-state index in [-0.39, 0.29) is 6.04 Å². The number of benzene rings is 3. The average molecular weight is 359 g/mol. The Morgan fingerprint density at radius 2 is 1.67 bits per heavy atom. The number of nitrogens with zero attached hydrogens (tertiary/aromatic N) is 1. The van der Waals surface area contributed by atoms with Crippen LogP contribution < -0.4 is 9.47 Å². The molecule has 0 N–H and O–H groups in total. The highest BCUT2D eigenvalue weighted by Crippen LogP contribution is 2.27. The quantitative estimate of drug-likeness (QED) is 0.473. The molecule has 0 aromatic heterocycles. The van der Waals surface area contributed by atoms with Gasteiger partial charge >= 0.3 is 0 Å². The van der Waals surface area contributed by atoms with Crippen molar-refractivity contribution in [3.63, 3.8) is 0 Å². The van der Waals surface area contributed by atoms with E-state index in [0.717, 1.165) is 28.2 Å². The van der Waals surface area contributed by atoms with E-state index in [2.05, 4.69) is 25.1 Å². The van der Waals surface area contributed by atoms with Crippen LogP contribution in [-0.4, -0.2) is 12.8 Å². The highest BCUT2D eigenvalue weighted by molar-refractivity contribution is 5.80. The molecule has 0 heterocycles. The summed E-state index contributed by atoms with van der Waals surface area (Å²) in [5.74, 6) is 1.73. The summed E-state index contributed by atoms with van der Waals surface area (Å²) < 4.78 is 11.6. The molecule has 1 unspecified atom stereocenters. The fourth-order valence-electron chi connectivity index (χ4n) is 2.82. The molecule has 3 nitrogen and oxygen atoms in total. The van der Waals surface area contributed by atoms with Gasteiger partial charge in [0, 0.05) is 11.8 Å². The summed E-state index contributed by atoms with van der Waals surface area (Å²) in [6, 6.07) is 26.2. The van der Waals surface area contributed by atoms with Crippen LogP contribution >= 0.6 is 0 Å². The van der Waals surface area contributed by atoms with Crippen molar-refractivity contribution < 1.29 is 9.47 Å². The second kappa shape index (κ2) is 9.58. The van der Waals surface area contributed by atoms with Gasteiger partial charge in [-0.15, -0.1) is 0 Å². The van der Waals surface area contributed by atoms with E-state index in [1.165, 1.54) is 0 Å². The predicted octanol–water partition coefficient (Wildman–Crippen LogP) is 5.84. The van der Waals surface area contributed by atoms with Gasteiger partial charge in [0.2, 0.25) is 0 Å². The lowest BCUT2D eigenvalue weighted by molar-refractivity contribution is 0.306. The maximum Gasteiger partial charge on any atom is 0.124 e. The lowest BCUT2D eigenvalue weighted by atomic mass is 10.1. The van der Waals surface area contributed by atoms with Crippen LogP contribution in [-0.2, 0) is 6.61 Å². The Labute approximate surface area is 161 Å². The van der Waals surface area contributed by atoms with Gasteiger partial charge < -0.3 is 9.47 Å². The van der Waals surface area contributed by atoms with Gasteiger partial charge in [0.1, 0.15) is 18.1 Å². The molecule has 3 aromatic rings. The van der Waals surface area contributed by atoms with Gasteiger partial charge in [0.15, 0.2) is 0 Å². The van der Waals surface area contributed by atoms with Crippen molar-refractivity contribution in [1.82, 2.24) is 0 Å². The summed E-state index contributed by atoms with van der Waals surface area (Å²) in [7, 11) is 0. The molecule has 0 saturated carbocycles. The van der Waals surface area contributed by atoms with Crippen molar-refractivity contribution in [2.45, 2.75) is 26.5 Å². The first-order valence-electron chi connectivity index (χ1n) is 9.28. The molecule has 0 fully saturated rings. The summed E-state index contributed by atoms with van der Waals surface area (Å²) in [5.41, 5.74) is 3.26. The van der Waals surface area contributed by atoms with Crippen molar-refractivity contribution in [2.75, 3.05) is 6.61 Å². The predicted molar refractivity (Wildman–Crippen MR) is 111 cm³/mol. The third-order valence-corrected chi connectivity index (χ3v) is 4.22. The van der Waals surface area contributed by atoms with Gasteiger partial charge in [-0.2, -0.15) is 0 Å². The number of hydrogen-bond acceptors (Lipinski definition) is 3. The largest absolute Gasteiger partial charge is 0.494 e. The van der Waals surface area contributed by atoms with Crippen LogP contribution in [0, 0.1) is 0 Å². The van der Waals surface area contributed by atoms with E-state index in [1.54, 1.807) is 0 Å². The first-order chi connectivity index (χ1) is 13.3. The van der Waals surface area contributed by atoms with Crippen LogP contribution in [0.2, 0.25) is 0 Å². The minimum Gasteiger partial charge on any atom is -0.494 e. The van der Waals surface area contributed by atoms with Crippen LogP contribution in [0.1, 0.15) is 36.6 Å². The van der Waals surface area contributed by atoms with Crippen LogP contribution in [0.15, 0.2) is 83.9 Å². The van der Waals surface area contributed by atoms with Crippen LogP contribution in [0.25, 0.3) is 0 Å². The molecule has 27 heavy (non-hydrogen) atoms. The second-order valence-electron chi connectivity index (χ2n) is 6.27. The minimum atomic E-state index is 0.0154. The zero-order chi connectivity index (χ0) is 18.9. The summed E-state index contributed by atoms with van der Waals surface area (Å²) in [6.45, 7) is 5.27. The Kier molecular flexibility index (Phi) is 6.64. The Morgan fingerprint density at radius 3 is 2.48 bits per heavy atom. The van der Waals surface area contributed by atoms with E-state index in [0.29, 0.717) is 13.2 Å². The van der Waals surface area contributed by atoms with Crippen molar-refractivity contribution >= 4 is 6.21 Å². The zero-order valence-electron chi connectivity index (χ0n) is 15.8. The SMILES string of the molecule is CCOc1ccccc1C(C)N=Cc1cccc(OCc2ccccc2)c1. The van der Waals surface area contributed by atoms with Gasteiger partial charge in [0.05, 0.1) is 12.6 Å². The molecular weight excluding hydrogens is 334 g/mol. The highest BCUT2D eigenvalue weighted by Gasteiger charge is 2.09. The molecule has 0 spiro atoms. The molecule has 0 radical (unpaired) electrons. The fourth-order valence-corrected chi connectivity index (χ4v) is 2.82. The van der Waals surface area contributed by atoms with Crippen molar-refractivity contribution in [1.29, 1.82) is 0 Å². The Bertz CT molecular complexity index is 874. The first-order valence-corrected chi connectivity index (χ1v) is 9.28. The Morgan fingerprint density at radius 1 is 0.889 bits per heavy atom. The number of para-hydroxylation sites is 1. The summed E-state index contributed by atoms with van der Waals surface area (Å²) in [6.07, 6.45) is 1.89. The summed E-state index contributed by atoms with van der Waals surface area (Å²) in [4.78, 5) is 4.71. The molecule has 138 valence electrons. The highest BCUT2D eigenvalue weighted by atomic mass is 16.5. The monoisotopic (exact) mass is 359 g/mol. The minimum absolute atomic E-state index is 0.0154. The molecule has 3 rings (SSSR count). The normalized spacial score (nSPS) is 12.1. The van der Waals surface area contributed by atoms with Crippen LogP contribution in [0.4, 0.5) is 0 Å². The number of hydrogen-bond donors (Lipinski definition) is 0. The molecule has 0 bridgehead atoms. The smallest absolute Gasteiger partial charge is 0.124 e. The molecule has 0 saturated heterocycles. The third kappa shape index (κ3) is 5.45. The van der Waals surface area contributed by atoms with Crippen LogP contribution in [0.5, 0.6) is 11.5 Å². The van der Waals surface area contributed by atoms with Gasteiger partial charge in [0.25, 0.3) is 0 Å². The second-order valence-corrected chi connectivity index (χ2v) is 6.27. The van der Waals surface area contributed by atoms with Crippen molar-refractivity contribution in [3.8, 4) is 11.5 Å². The fraction of sp³-hybridized carbons (Fsp3) is 0.208. The van der Waals surface area contributed by atoms with Gasteiger partial charge in [-0.25, -0.2) is 0 Å². The molecule has 3 heteroatoms. The lowest BCUT2D eigenvalue weighted by Gasteiger charge is -2.13. The molecule has 0 aliphatic heterocycles. The first kappa shape index (κ1) is 18.7. The molecule has 1 atom stereocenters. The van der Waals surface area contributed by atoms with Crippen molar-refractivity contribution in [2.24, 2.45) is 4.99 Å². The Balaban J connectivity index is 1.67. The maximum absolute atomic E-state index is 5.89. The van der Waals surface area contributed by atoms with Gasteiger partial charge in [-0.05, 0) is 43.2 Å². The standard InChI is InChI=1S/C24H25NO2/c1-3-26-24-15-8-7-14-23(24)19(2)25-17-21-12-9-13-22(16-21)27-18-20-10-5-4-6-11-20/h4-17,19H,3,18H2,1-2H3. The van der Waals surface area contributed by atoms with E-state index in [9.17, 15) is 0 Å². The zero-order valence-corrected chi connectivity index (χ0v) is 15.8. The molecule has 0 amide bonds. The number of rotatable bonds is 8. The average Bonchev–Trinajstić information content (AvgIpc) is 2.72.